The topological polar surface area (TPSA) is 105 Å². The number of carbonyl (C=O) groups is 4. The second-order valence-electron chi connectivity index (χ2n) is 9.28. The van der Waals surface area contributed by atoms with Gasteiger partial charge in [-0.05, 0) is 35.4 Å². The lowest BCUT2D eigenvalue weighted by Crippen LogP contribution is -2.71. The molecule has 10 heteroatoms. The van der Waals surface area contributed by atoms with Crippen LogP contribution in [0, 0.1) is 5.82 Å². The summed E-state index contributed by atoms with van der Waals surface area (Å²) in [4.78, 5) is 54.6. The molecular weight excluding hydrogens is 505 g/mol. The normalized spacial score (nSPS) is 19.6. The molecule has 9 nitrogen and oxygen atoms in total. The molecular formula is C29H26FN3O6. The molecule has 3 aromatic carbocycles. The first-order valence-electron chi connectivity index (χ1n) is 12.4. The van der Waals surface area contributed by atoms with E-state index in [1.807, 2.05) is 12.1 Å². The molecule has 2 saturated heterocycles. The summed E-state index contributed by atoms with van der Waals surface area (Å²) in [5, 5.41) is 2.65. The third-order valence-electron chi connectivity index (χ3n) is 6.66. The number of halogens is 1. The number of fused-ring (bicyclic) bond motifs is 1. The number of amides is 3. The highest BCUT2D eigenvalue weighted by Crippen LogP contribution is 2.34. The Labute approximate surface area is 224 Å². The molecule has 0 spiro atoms. The van der Waals surface area contributed by atoms with Gasteiger partial charge in [-0.25, -0.2) is 9.18 Å². The predicted octanol–water partition coefficient (Wildman–Crippen LogP) is 2.05. The lowest BCUT2D eigenvalue weighted by molar-refractivity contribution is -0.170. The van der Waals surface area contributed by atoms with Gasteiger partial charge in [0.25, 0.3) is 5.91 Å². The summed E-state index contributed by atoms with van der Waals surface area (Å²) in [6.45, 7) is -0.294. The molecule has 3 atom stereocenters. The summed E-state index contributed by atoms with van der Waals surface area (Å²) in [7, 11) is 0. The van der Waals surface area contributed by atoms with Crippen molar-refractivity contribution in [1.82, 2.24) is 15.1 Å². The number of esters is 1. The summed E-state index contributed by atoms with van der Waals surface area (Å²) < 4.78 is 24.3. The van der Waals surface area contributed by atoms with Crippen LogP contribution in [0.5, 0.6) is 5.75 Å². The Morgan fingerprint density at radius 3 is 2.26 bits per heavy atom. The van der Waals surface area contributed by atoms with Gasteiger partial charge in [-0.2, -0.15) is 0 Å². The Kier molecular flexibility index (Phi) is 7.53. The Morgan fingerprint density at radius 1 is 0.897 bits per heavy atom. The van der Waals surface area contributed by atoms with Crippen LogP contribution in [0.1, 0.15) is 11.1 Å². The van der Waals surface area contributed by atoms with Crippen molar-refractivity contribution in [3.63, 3.8) is 0 Å². The zero-order valence-electron chi connectivity index (χ0n) is 20.9. The number of nitrogens with one attached hydrogen (secondary N) is 1. The second-order valence-corrected chi connectivity index (χ2v) is 9.28. The average molecular weight is 532 g/mol. The maximum absolute atomic E-state index is 13.3. The third kappa shape index (κ3) is 5.74. The molecule has 2 unspecified atom stereocenters. The van der Waals surface area contributed by atoms with Gasteiger partial charge >= 0.3 is 5.97 Å². The van der Waals surface area contributed by atoms with Crippen molar-refractivity contribution in [2.75, 3.05) is 13.2 Å². The number of rotatable bonds is 9. The molecule has 0 radical (unpaired) electrons. The van der Waals surface area contributed by atoms with Crippen molar-refractivity contribution in [2.45, 2.75) is 31.3 Å². The lowest BCUT2D eigenvalue weighted by Gasteiger charge is -2.43. The van der Waals surface area contributed by atoms with Crippen LogP contribution in [0.15, 0.2) is 84.9 Å². The molecule has 2 aliphatic heterocycles. The van der Waals surface area contributed by atoms with Gasteiger partial charge in [-0.3, -0.25) is 14.4 Å². The standard InChI is InChI=1S/C29H26FN3O6/c30-21-13-11-19(12-14-21)15-25(35)32-16-23-26(31-24(34)18-38-22-9-5-2-6-10-22)28(36)33(23)27(32)29(37)39-17-20-7-3-1-4-8-20/h1-14,23,26-27H,15-18H2,(H,31,34)/t23?,26-,27?/m1/s1. The minimum Gasteiger partial charge on any atom is -0.484 e. The van der Waals surface area contributed by atoms with Crippen molar-refractivity contribution in [1.29, 1.82) is 0 Å². The van der Waals surface area contributed by atoms with E-state index in [-0.39, 0.29) is 26.2 Å². The maximum atomic E-state index is 13.3. The fraction of sp³-hybridized carbons (Fsp3) is 0.241. The first-order chi connectivity index (χ1) is 18.9. The highest BCUT2D eigenvalue weighted by molar-refractivity contribution is 5.99. The van der Waals surface area contributed by atoms with E-state index in [2.05, 4.69) is 5.32 Å². The highest BCUT2D eigenvalue weighted by Gasteiger charge is 2.61. The molecule has 0 bridgehead atoms. The molecule has 0 saturated carbocycles. The van der Waals surface area contributed by atoms with Crippen LogP contribution >= 0.6 is 0 Å². The van der Waals surface area contributed by atoms with E-state index in [4.69, 9.17) is 9.47 Å². The molecule has 2 heterocycles. The number of benzene rings is 3. The van der Waals surface area contributed by atoms with E-state index in [0.717, 1.165) is 5.56 Å². The van der Waals surface area contributed by atoms with Crippen molar-refractivity contribution < 1.29 is 33.0 Å². The predicted molar refractivity (Wildman–Crippen MR) is 136 cm³/mol. The van der Waals surface area contributed by atoms with E-state index in [9.17, 15) is 23.6 Å². The minimum atomic E-state index is -1.27. The van der Waals surface area contributed by atoms with E-state index < -0.39 is 47.8 Å². The molecule has 3 amide bonds. The summed E-state index contributed by atoms with van der Waals surface area (Å²) in [6.07, 6.45) is -1.37. The quantitative estimate of drug-likeness (QED) is 0.335. The summed E-state index contributed by atoms with van der Waals surface area (Å²) >= 11 is 0. The van der Waals surface area contributed by atoms with Crippen LogP contribution in [0.4, 0.5) is 4.39 Å². The van der Waals surface area contributed by atoms with Gasteiger partial charge in [0.1, 0.15) is 24.2 Å². The molecule has 2 aliphatic rings. The zero-order chi connectivity index (χ0) is 27.4. The van der Waals surface area contributed by atoms with Crippen molar-refractivity contribution in [3.05, 3.63) is 102 Å². The summed E-state index contributed by atoms with van der Waals surface area (Å²) in [6, 6.07) is 21.8. The Balaban J connectivity index is 1.28. The molecule has 2 fully saturated rings. The molecule has 0 aliphatic carbocycles. The van der Waals surface area contributed by atoms with E-state index in [1.165, 1.54) is 34.1 Å². The Bertz CT molecular complexity index is 1350. The van der Waals surface area contributed by atoms with Crippen LogP contribution in [0.3, 0.4) is 0 Å². The van der Waals surface area contributed by atoms with Crippen LogP contribution < -0.4 is 10.1 Å². The fourth-order valence-electron chi connectivity index (χ4n) is 4.71. The number of ether oxygens (including phenoxy) is 2. The zero-order valence-corrected chi connectivity index (χ0v) is 20.9. The highest BCUT2D eigenvalue weighted by atomic mass is 19.1. The lowest BCUT2D eigenvalue weighted by atomic mass is 9.96. The van der Waals surface area contributed by atoms with Crippen LogP contribution in [-0.4, -0.2) is 64.9 Å². The average Bonchev–Trinajstić information content (AvgIpc) is 3.32. The number of para-hydroxylation sites is 1. The van der Waals surface area contributed by atoms with E-state index >= 15 is 0 Å². The van der Waals surface area contributed by atoms with Gasteiger partial charge in [0.15, 0.2) is 6.61 Å². The van der Waals surface area contributed by atoms with Gasteiger partial charge < -0.3 is 24.6 Å². The number of nitrogens with zero attached hydrogens (tertiary/aromatic N) is 2. The first-order valence-corrected chi connectivity index (χ1v) is 12.4. The third-order valence-corrected chi connectivity index (χ3v) is 6.66. The molecule has 5 rings (SSSR count). The Morgan fingerprint density at radius 2 is 1.56 bits per heavy atom. The minimum absolute atomic E-state index is 0.0279. The second kappa shape index (κ2) is 11.3. The Hall–Kier alpha value is -4.73. The molecule has 3 aromatic rings. The van der Waals surface area contributed by atoms with E-state index in [0.29, 0.717) is 11.3 Å². The van der Waals surface area contributed by atoms with Crippen molar-refractivity contribution >= 4 is 23.7 Å². The first kappa shape index (κ1) is 25.9. The SMILES string of the molecule is O=C(COc1ccccc1)N[C@H]1C(=O)N2C1CN(C(=O)Cc1ccc(F)cc1)C2C(=O)OCc1ccccc1. The smallest absolute Gasteiger partial charge is 0.350 e. The largest absolute Gasteiger partial charge is 0.484 e. The van der Waals surface area contributed by atoms with Crippen molar-refractivity contribution in [2.24, 2.45) is 0 Å². The van der Waals surface area contributed by atoms with E-state index in [1.54, 1.807) is 48.5 Å². The molecule has 0 aromatic heterocycles. The number of hydrogen-bond acceptors (Lipinski definition) is 6. The molecule has 1 N–H and O–H groups in total. The van der Waals surface area contributed by atoms with Crippen LogP contribution in [0.25, 0.3) is 0 Å². The van der Waals surface area contributed by atoms with Gasteiger partial charge in [0, 0.05) is 6.54 Å². The van der Waals surface area contributed by atoms with Gasteiger partial charge in [0.2, 0.25) is 18.0 Å². The molecule has 200 valence electrons. The van der Waals surface area contributed by atoms with Gasteiger partial charge in [-0.15, -0.1) is 0 Å². The van der Waals surface area contributed by atoms with Crippen LogP contribution in [0.2, 0.25) is 0 Å². The molecule has 39 heavy (non-hydrogen) atoms. The summed E-state index contributed by atoms with van der Waals surface area (Å²) in [5.74, 6) is -2.10. The van der Waals surface area contributed by atoms with Gasteiger partial charge in [-0.1, -0.05) is 60.7 Å². The fourth-order valence-corrected chi connectivity index (χ4v) is 4.71. The van der Waals surface area contributed by atoms with Gasteiger partial charge in [0.05, 0.1) is 12.5 Å². The summed E-state index contributed by atoms with van der Waals surface area (Å²) in [5.41, 5.74) is 1.31. The number of β-lactam (4-membered cyclic amide) rings is 1. The monoisotopic (exact) mass is 531 g/mol. The van der Waals surface area contributed by atoms with Crippen LogP contribution in [-0.2, 0) is 36.9 Å². The van der Waals surface area contributed by atoms with Crippen molar-refractivity contribution in [3.8, 4) is 5.75 Å². The maximum Gasteiger partial charge on any atom is 0.350 e. The number of hydrogen-bond donors (Lipinski definition) is 1. The number of carbonyl (C=O) groups excluding carboxylic acids is 4.